The lowest BCUT2D eigenvalue weighted by Gasteiger charge is -2.33. The fourth-order valence-electron chi connectivity index (χ4n) is 4.51. The van der Waals surface area contributed by atoms with Crippen LogP contribution < -0.4 is 10.6 Å². The number of piperazine rings is 1. The summed E-state index contributed by atoms with van der Waals surface area (Å²) >= 11 is 0. The molecule has 1 amide bonds. The minimum atomic E-state index is -0.173. The van der Waals surface area contributed by atoms with Crippen LogP contribution in [0.4, 0.5) is 17.3 Å². The van der Waals surface area contributed by atoms with Gasteiger partial charge in [0.15, 0.2) is 0 Å². The number of rotatable bonds is 9. The number of amides is 1. The molecule has 2 N–H and O–H groups in total. The Balaban J connectivity index is 1.20. The van der Waals surface area contributed by atoms with Gasteiger partial charge in [0.1, 0.15) is 6.29 Å². The van der Waals surface area contributed by atoms with Gasteiger partial charge in [0.2, 0.25) is 5.95 Å². The molecule has 0 bridgehead atoms. The van der Waals surface area contributed by atoms with Crippen molar-refractivity contribution in [3.8, 4) is 11.3 Å². The average Bonchev–Trinajstić information content (AvgIpc) is 2.97. The molecule has 9 nitrogen and oxygen atoms in total. The van der Waals surface area contributed by atoms with Crippen LogP contribution in [0.5, 0.6) is 0 Å². The maximum Gasteiger partial charge on any atom is 0.255 e. The lowest BCUT2D eigenvalue weighted by atomic mass is 10.1. The van der Waals surface area contributed by atoms with Crippen molar-refractivity contribution in [2.75, 3.05) is 43.4 Å². The number of benzene rings is 2. The first kappa shape index (κ1) is 26.1. The number of hydrogen-bond donors (Lipinski definition) is 2. The monoisotopic (exact) mass is 521 g/mol. The highest BCUT2D eigenvalue weighted by molar-refractivity contribution is 6.04. The van der Waals surface area contributed by atoms with Crippen molar-refractivity contribution >= 4 is 29.5 Å². The Bertz CT molecular complexity index is 1420. The van der Waals surface area contributed by atoms with Crippen molar-refractivity contribution < 1.29 is 9.59 Å². The molecular formula is C30H31N7O2. The maximum absolute atomic E-state index is 13.0. The molecule has 3 heterocycles. The first-order valence-electron chi connectivity index (χ1n) is 13.0. The van der Waals surface area contributed by atoms with Crippen LogP contribution in [0.15, 0.2) is 79.3 Å². The van der Waals surface area contributed by atoms with Gasteiger partial charge in [-0.15, -0.1) is 0 Å². The number of aromatic nitrogens is 3. The molecule has 0 saturated carbocycles. The van der Waals surface area contributed by atoms with Crippen LogP contribution in [0, 0.1) is 6.92 Å². The standard InChI is InChI=1S/C30H31N7O2/c1-22-4-9-26(19-28(22)35-30-32-12-10-27(34-30)25-3-2-11-31-20-25)33-29(39)24-7-5-23(6-8-24)21-37-15-13-36(14-16-37)17-18-38/h2-12,18-20H,13-17,21H2,1H3,(H,33,39)(H,32,34,35). The Morgan fingerprint density at radius 3 is 2.51 bits per heavy atom. The lowest BCUT2D eigenvalue weighted by Crippen LogP contribution is -2.46. The van der Waals surface area contributed by atoms with E-state index in [1.807, 2.05) is 67.6 Å². The summed E-state index contributed by atoms with van der Waals surface area (Å²) < 4.78 is 0. The third-order valence-electron chi connectivity index (χ3n) is 6.77. The lowest BCUT2D eigenvalue weighted by molar-refractivity contribution is -0.109. The first-order valence-corrected chi connectivity index (χ1v) is 13.0. The summed E-state index contributed by atoms with van der Waals surface area (Å²) in [5.41, 5.74) is 5.91. The number of pyridine rings is 1. The van der Waals surface area contributed by atoms with Crippen LogP contribution in [0.25, 0.3) is 11.3 Å². The van der Waals surface area contributed by atoms with E-state index in [0.717, 1.165) is 67.1 Å². The molecule has 198 valence electrons. The van der Waals surface area contributed by atoms with Crippen LogP contribution in [0.3, 0.4) is 0 Å². The molecular weight excluding hydrogens is 490 g/mol. The summed E-state index contributed by atoms with van der Waals surface area (Å²) in [6.07, 6.45) is 6.15. The number of anilines is 3. The molecule has 2 aromatic heterocycles. The van der Waals surface area contributed by atoms with E-state index in [2.05, 4.69) is 35.4 Å². The predicted octanol–water partition coefficient (Wildman–Crippen LogP) is 4.16. The molecule has 1 saturated heterocycles. The van der Waals surface area contributed by atoms with Crippen LogP contribution in [0.1, 0.15) is 21.5 Å². The van der Waals surface area contributed by atoms with Crippen LogP contribution in [-0.2, 0) is 11.3 Å². The van der Waals surface area contributed by atoms with Gasteiger partial charge in [0, 0.05) is 73.8 Å². The fraction of sp³-hybridized carbons (Fsp3) is 0.233. The molecule has 0 unspecified atom stereocenters. The number of aryl methyl sites for hydroxylation is 1. The number of aldehydes is 1. The molecule has 4 aromatic rings. The van der Waals surface area contributed by atoms with E-state index in [-0.39, 0.29) is 5.91 Å². The minimum absolute atomic E-state index is 0.173. The highest BCUT2D eigenvalue weighted by Gasteiger charge is 2.17. The summed E-state index contributed by atoms with van der Waals surface area (Å²) in [4.78, 5) is 41.3. The number of carbonyl (C=O) groups excluding carboxylic acids is 2. The van der Waals surface area contributed by atoms with Crippen molar-refractivity contribution in [3.05, 3.63) is 95.9 Å². The molecule has 5 rings (SSSR count). The Hall–Kier alpha value is -4.47. The maximum atomic E-state index is 13.0. The zero-order valence-corrected chi connectivity index (χ0v) is 21.9. The molecule has 1 aliphatic heterocycles. The summed E-state index contributed by atoms with van der Waals surface area (Å²) in [6.45, 7) is 6.97. The van der Waals surface area contributed by atoms with Gasteiger partial charge in [0.05, 0.1) is 12.2 Å². The summed E-state index contributed by atoms with van der Waals surface area (Å²) in [7, 11) is 0. The molecule has 9 heteroatoms. The molecule has 0 radical (unpaired) electrons. The second-order valence-electron chi connectivity index (χ2n) is 9.56. The largest absolute Gasteiger partial charge is 0.324 e. The quantitative estimate of drug-likeness (QED) is 0.317. The van der Waals surface area contributed by atoms with Gasteiger partial charge < -0.3 is 15.4 Å². The zero-order chi connectivity index (χ0) is 27.0. The van der Waals surface area contributed by atoms with E-state index in [0.29, 0.717) is 23.7 Å². The molecule has 39 heavy (non-hydrogen) atoms. The van der Waals surface area contributed by atoms with E-state index < -0.39 is 0 Å². The topological polar surface area (TPSA) is 103 Å². The molecule has 0 aliphatic carbocycles. The first-order chi connectivity index (χ1) is 19.1. The summed E-state index contributed by atoms with van der Waals surface area (Å²) in [6, 6.07) is 19.1. The predicted molar refractivity (Wildman–Crippen MR) is 152 cm³/mol. The zero-order valence-electron chi connectivity index (χ0n) is 21.9. The second-order valence-corrected chi connectivity index (χ2v) is 9.56. The molecule has 0 atom stereocenters. The van der Waals surface area contributed by atoms with Gasteiger partial charge in [-0.3, -0.25) is 19.6 Å². The van der Waals surface area contributed by atoms with E-state index in [4.69, 9.17) is 0 Å². The van der Waals surface area contributed by atoms with Crippen molar-refractivity contribution in [1.82, 2.24) is 24.8 Å². The minimum Gasteiger partial charge on any atom is -0.324 e. The van der Waals surface area contributed by atoms with Gasteiger partial charge in [-0.05, 0) is 60.5 Å². The smallest absolute Gasteiger partial charge is 0.255 e. The van der Waals surface area contributed by atoms with Crippen molar-refractivity contribution in [2.45, 2.75) is 13.5 Å². The summed E-state index contributed by atoms with van der Waals surface area (Å²) in [5.74, 6) is 0.289. The van der Waals surface area contributed by atoms with Crippen LogP contribution in [-0.4, -0.2) is 69.7 Å². The van der Waals surface area contributed by atoms with Gasteiger partial charge in [-0.1, -0.05) is 18.2 Å². The average molecular weight is 522 g/mol. The third kappa shape index (κ3) is 6.90. The molecule has 2 aromatic carbocycles. The fourth-order valence-corrected chi connectivity index (χ4v) is 4.51. The van der Waals surface area contributed by atoms with Crippen LogP contribution in [0.2, 0.25) is 0 Å². The van der Waals surface area contributed by atoms with Crippen molar-refractivity contribution in [2.24, 2.45) is 0 Å². The highest BCUT2D eigenvalue weighted by Crippen LogP contribution is 2.24. The Kier molecular flexibility index (Phi) is 8.30. The molecule has 0 spiro atoms. The van der Waals surface area contributed by atoms with E-state index in [9.17, 15) is 9.59 Å². The number of nitrogens with zero attached hydrogens (tertiary/aromatic N) is 5. The number of carbonyl (C=O) groups is 2. The third-order valence-corrected chi connectivity index (χ3v) is 6.77. The Morgan fingerprint density at radius 2 is 1.77 bits per heavy atom. The number of hydrogen-bond acceptors (Lipinski definition) is 8. The Labute approximate surface area is 227 Å². The summed E-state index contributed by atoms with van der Waals surface area (Å²) in [5, 5.41) is 6.27. The van der Waals surface area contributed by atoms with Gasteiger partial charge >= 0.3 is 0 Å². The van der Waals surface area contributed by atoms with E-state index in [1.165, 1.54) is 0 Å². The van der Waals surface area contributed by atoms with Crippen molar-refractivity contribution in [1.29, 1.82) is 0 Å². The Morgan fingerprint density at radius 1 is 0.974 bits per heavy atom. The number of nitrogens with one attached hydrogen (secondary N) is 2. The van der Waals surface area contributed by atoms with Crippen LogP contribution >= 0.6 is 0 Å². The van der Waals surface area contributed by atoms with Gasteiger partial charge in [-0.2, -0.15) is 0 Å². The normalized spacial score (nSPS) is 14.1. The SMILES string of the molecule is Cc1ccc(NC(=O)c2ccc(CN3CCN(CC=O)CC3)cc2)cc1Nc1nccc(-c2cccnc2)n1. The molecule has 1 fully saturated rings. The van der Waals surface area contributed by atoms with E-state index >= 15 is 0 Å². The van der Waals surface area contributed by atoms with Gasteiger partial charge in [0.25, 0.3) is 5.91 Å². The highest BCUT2D eigenvalue weighted by atomic mass is 16.1. The second kappa shape index (κ2) is 12.4. The van der Waals surface area contributed by atoms with Gasteiger partial charge in [-0.25, -0.2) is 9.97 Å². The van der Waals surface area contributed by atoms with Crippen molar-refractivity contribution in [3.63, 3.8) is 0 Å². The molecule has 1 aliphatic rings. The van der Waals surface area contributed by atoms with E-state index in [1.54, 1.807) is 18.6 Å².